The van der Waals surface area contributed by atoms with Gasteiger partial charge in [-0.25, -0.2) is 13.1 Å². The van der Waals surface area contributed by atoms with Crippen molar-refractivity contribution in [2.75, 3.05) is 0 Å². The van der Waals surface area contributed by atoms with Crippen LogP contribution in [0.1, 0.15) is 18.1 Å². The summed E-state index contributed by atoms with van der Waals surface area (Å²) in [4.78, 5) is 0.0325. The van der Waals surface area contributed by atoms with Gasteiger partial charge in [0.25, 0.3) is 0 Å². The van der Waals surface area contributed by atoms with E-state index in [0.29, 0.717) is 17.0 Å². The number of hydrogen-bond acceptors (Lipinski definition) is 3. The van der Waals surface area contributed by atoms with Crippen molar-refractivity contribution in [3.05, 3.63) is 51.9 Å². The maximum Gasteiger partial charge on any atom is 0.242 e. The van der Waals surface area contributed by atoms with Crippen LogP contribution in [-0.4, -0.2) is 14.5 Å². The van der Waals surface area contributed by atoms with Gasteiger partial charge in [-0.1, -0.05) is 23.2 Å². The zero-order chi connectivity index (χ0) is 15.6. The number of furan rings is 1. The summed E-state index contributed by atoms with van der Waals surface area (Å²) in [6.07, 6.45) is 3.67. The molecule has 4 nitrogen and oxygen atoms in total. The fourth-order valence-electron chi connectivity index (χ4n) is 1.97. The number of aryl methyl sites for hydroxylation is 1. The van der Waals surface area contributed by atoms with E-state index in [1.165, 1.54) is 12.1 Å². The first kappa shape index (κ1) is 16.4. The van der Waals surface area contributed by atoms with Crippen molar-refractivity contribution in [3.63, 3.8) is 0 Å². The van der Waals surface area contributed by atoms with Crippen LogP contribution in [0.15, 0.2) is 40.0 Å². The van der Waals surface area contributed by atoms with Crippen LogP contribution in [0.25, 0.3) is 0 Å². The summed E-state index contributed by atoms with van der Waals surface area (Å²) in [6, 6.07) is 4.41. The molecule has 0 saturated heterocycles. The van der Waals surface area contributed by atoms with Gasteiger partial charge in [0.2, 0.25) is 10.0 Å². The molecular formula is C14H15Cl2NO3S. The van der Waals surface area contributed by atoms with E-state index in [9.17, 15) is 8.42 Å². The normalized spacial score (nSPS) is 13.3. The monoisotopic (exact) mass is 347 g/mol. The van der Waals surface area contributed by atoms with Gasteiger partial charge in [0.1, 0.15) is 4.90 Å². The van der Waals surface area contributed by atoms with Crippen molar-refractivity contribution in [2.24, 2.45) is 0 Å². The van der Waals surface area contributed by atoms with Gasteiger partial charge < -0.3 is 4.42 Å². The molecule has 2 rings (SSSR count). The highest BCUT2D eigenvalue weighted by molar-refractivity contribution is 7.89. The summed E-state index contributed by atoms with van der Waals surface area (Å²) in [5, 5.41) is 0.541. The lowest BCUT2D eigenvalue weighted by atomic mass is 10.1. The third-order valence-electron chi connectivity index (χ3n) is 2.98. The van der Waals surface area contributed by atoms with Crippen LogP contribution >= 0.6 is 23.2 Å². The zero-order valence-corrected chi connectivity index (χ0v) is 13.9. The van der Waals surface area contributed by atoms with Crippen LogP contribution in [0, 0.1) is 6.92 Å². The molecule has 0 fully saturated rings. The predicted octanol–water partition coefficient (Wildman–Crippen LogP) is 3.80. The summed E-state index contributed by atoms with van der Waals surface area (Å²) in [5.41, 5.74) is 1.58. The molecule has 0 radical (unpaired) electrons. The largest absolute Gasteiger partial charge is 0.472 e. The molecule has 1 aromatic heterocycles. The maximum atomic E-state index is 12.4. The molecule has 0 saturated carbocycles. The Balaban J connectivity index is 2.20. The highest BCUT2D eigenvalue weighted by atomic mass is 35.5. The van der Waals surface area contributed by atoms with Crippen molar-refractivity contribution >= 4 is 33.2 Å². The molecule has 21 heavy (non-hydrogen) atoms. The Hall–Kier alpha value is -1.01. The highest BCUT2D eigenvalue weighted by Gasteiger charge is 2.21. The van der Waals surface area contributed by atoms with Gasteiger partial charge >= 0.3 is 0 Å². The Morgan fingerprint density at radius 1 is 1.29 bits per heavy atom. The van der Waals surface area contributed by atoms with Crippen LogP contribution in [0.4, 0.5) is 0 Å². The fourth-order valence-corrected chi connectivity index (χ4v) is 4.04. The van der Waals surface area contributed by atoms with E-state index < -0.39 is 10.0 Å². The van der Waals surface area contributed by atoms with E-state index in [-0.39, 0.29) is 16.0 Å². The minimum absolute atomic E-state index is 0.0325. The predicted molar refractivity (Wildman–Crippen MR) is 83.4 cm³/mol. The molecule has 114 valence electrons. The summed E-state index contributed by atoms with van der Waals surface area (Å²) in [6.45, 7) is 3.51. The summed E-state index contributed by atoms with van der Waals surface area (Å²) >= 11 is 11.9. The SMILES string of the molecule is Cc1cc(S(=O)(=O)NC(C)Cc2ccoc2)c(Cl)cc1Cl. The Kier molecular flexibility index (Phi) is 4.99. The summed E-state index contributed by atoms with van der Waals surface area (Å²) < 4.78 is 32.4. The second-order valence-electron chi connectivity index (χ2n) is 4.89. The van der Waals surface area contributed by atoms with E-state index in [1.54, 1.807) is 32.4 Å². The Labute approximate surface area is 134 Å². The minimum atomic E-state index is -3.70. The van der Waals surface area contributed by atoms with Gasteiger partial charge in [-0.2, -0.15) is 0 Å². The van der Waals surface area contributed by atoms with Crippen molar-refractivity contribution in [2.45, 2.75) is 31.2 Å². The average molecular weight is 348 g/mol. The second kappa shape index (κ2) is 6.40. The standard InChI is InChI=1S/C14H15Cl2NO3S/c1-9-5-14(13(16)7-12(9)15)21(18,19)17-10(2)6-11-3-4-20-8-11/h3-5,7-8,10,17H,6H2,1-2H3. The molecule has 0 aliphatic heterocycles. The van der Waals surface area contributed by atoms with Crippen LogP contribution in [0.2, 0.25) is 10.0 Å². The van der Waals surface area contributed by atoms with Gasteiger partial charge in [0, 0.05) is 11.1 Å². The molecule has 7 heteroatoms. The quantitative estimate of drug-likeness (QED) is 0.894. The number of rotatable bonds is 5. The van der Waals surface area contributed by atoms with E-state index in [1.807, 2.05) is 0 Å². The molecule has 1 heterocycles. The first-order valence-electron chi connectivity index (χ1n) is 6.28. The molecule has 0 aliphatic rings. The van der Waals surface area contributed by atoms with Crippen molar-refractivity contribution in [1.29, 1.82) is 0 Å². The Bertz CT molecular complexity index is 727. The van der Waals surface area contributed by atoms with E-state index in [0.717, 1.165) is 5.56 Å². The Morgan fingerprint density at radius 3 is 2.62 bits per heavy atom. The third-order valence-corrected chi connectivity index (χ3v) is 5.44. The van der Waals surface area contributed by atoms with Crippen molar-refractivity contribution in [1.82, 2.24) is 4.72 Å². The number of sulfonamides is 1. The lowest BCUT2D eigenvalue weighted by Gasteiger charge is -2.15. The highest BCUT2D eigenvalue weighted by Crippen LogP contribution is 2.28. The molecule has 0 bridgehead atoms. The smallest absolute Gasteiger partial charge is 0.242 e. The van der Waals surface area contributed by atoms with E-state index in [4.69, 9.17) is 27.6 Å². The molecular weight excluding hydrogens is 333 g/mol. The van der Waals surface area contributed by atoms with Gasteiger partial charge in [-0.05, 0) is 49.6 Å². The topological polar surface area (TPSA) is 59.3 Å². The first-order chi connectivity index (χ1) is 9.79. The molecule has 1 aromatic carbocycles. The maximum absolute atomic E-state index is 12.4. The molecule has 1 unspecified atom stereocenters. The molecule has 2 aromatic rings. The van der Waals surface area contributed by atoms with Gasteiger partial charge in [-0.3, -0.25) is 0 Å². The summed E-state index contributed by atoms with van der Waals surface area (Å²) in [5.74, 6) is 0. The molecule has 1 atom stereocenters. The molecule has 0 amide bonds. The lowest BCUT2D eigenvalue weighted by Crippen LogP contribution is -2.34. The number of benzene rings is 1. The van der Waals surface area contributed by atoms with Crippen molar-refractivity contribution in [3.8, 4) is 0 Å². The third kappa shape index (κ3) is 4.01. The minimum Gasteiger partial charge on any atom is -0.472 e. The van der Waals surface area contributed by atoms with Gasteiger partial charge in [-0.15, -0.1) is 0 Å². The van der Waals surface area contributed by atoms with Crippen LogP contribution < -0.4 is 4.72 Å². The fraction of sp³-hybridized carbons (Fsp3) is 0.286. The molecule has 0 spiro atoms. The van der Waals surface area contributed by atoms with E-state index in [2.05, 4.69) is 4.72 Å². The van der Waals surface area contributed by atoms with Crippen molar-refractivity contribution < 1.29 is 12.8 Å². The van der Waals surface area contributed by atoms with Crippen LogP contribution in [-0.2, 0) is 16.4 Å². The van der Waals surface area contributed by atoms with Gasteiger partial charge in [0.05, 0.1) is 17.5 Å². The average Bonchev–Trinajstić information content (AvgIpc) is 2.85. The number of nitrogens with one attached hydrogen (secondary N) is 1. The zero-order valence-electron chi connectivity index (χ0n) is 11.6. The van der Waals surface area contributed by atoms with Crippen LogP contribution in [0.3, 0.4) is 0 Å². The number of hydrogen-bond donors (Lipinski definition) is 1. The lowest BCUT2D eigenvalue weighted by molar-refractivity contribution is 0.549. The summed E-state index contributed by atoms with van der Waals surface area (Å²) in [7, 11) is -3.70. The number of halogens is 2. The Morgan fingerprint density at radius 2 is 2.00 bits per heavy atom. The van der Waals surface area contributed by atoms with Crippen LogP contribution in [0.5, 0.6) is 0 Å². The molecule has 1 N–H and O–H groups in total. The van der Waals surface area contributed by atoms with E-state index >= 15 is 0 Å². The first-order valence-corrected chi connectivity index (χ1v) is 8.52. The van der Waals surface area contributed by atoms with Gasteiger partial charge in [0.15, 0.2) is 0 Å². The molecule has 0 aliphatic carbocycles. The second-order valence-corrected chi connectivity index (χ2v) is 7.39.